The van der Waals surface area contributed by atoms with E-state index in [0.717, 1.165) is 6.54 Å². The Balaban J connectivity index is 2.28. The molecule has 1 rings (SSSR count). The van der Waals surface area contributed by atoms with Gasteiger partial charge in [0.05, 0.1) is 0 Å². The Labute approximate surface area is 48.2 Å². The SMILES string of the molecule is N[C@H]1CNCC[C@H]1F. The van der Waals surface area contributed by atoms with E-state index in [1.54, 1.807) is 0 Å². The molecule has 1 aliphatic rings. The third kappa shape index (κ3) is 1.17. The van der Waals surface area contributed by atoms with Gasteiger partial charge in [-0.05, 0) is 13.0 Å². The van der Waals surface area contributed by atoms with Crippen LogP contribution in [0.2, 0.25) is 0 Å². The molecular formula is C5H11FN2. The Hall–Kier alpha value is -0.150. The zero-order chi connectivity index (χ0) is 5.98. The van der Waals surface area contributed by atoms with E-state index in [-0.39, 0.29) is 6.04 Å². The second-order valence-electron chi connectivity index (χ2n) is 2.17. The molecule has 0 saturated carbocycles. The van der Waals surface area contributed by atoms with E-state index in [9.17, 15) is 4.39 Å². The number of nitrogens with one attached hydrogen (secondary N) is 1. The van der Waals surface area contributed by atoms with Crippen LogP contribution in [0.15, 0.2) is 0 Å². The van der Waals surface area contributed by atoms with Gasteiger partial charge in [-0.1, -0.05) is 0 Å². The number of piperidine rings is 1. The lowest BCUT2D eigenvalue weighted by atomic mass is 10.1. The van der Waals surface area contributed by atoms with Gasteiger partial charge in [0.25, 0.3) is 0 Å². The smallest absolute Gasteiger partial charge is 0.118 e. The first kappa shape index (κ1) is 5.98. The minimum Gasteiger partial charge on any atom is -0.324 e. The van der Waals surface area contributed by atoms with Crippen LogP contribution in [-0.2, 0) is 0 Å². The van der Waals surface area contributed by atoms with Gasteiger partial charge in [-0.2, -0.15) is 0 Å². The molecule has 1 heterocycles. The topological polar surface area (TPSA) is 38.0 Å². The summed E-state index contributed by atoms with van der Waals surface area (Å²) >= 11 is 0. The van der Waals surface area contributed by atoms with Crippen LogP contribution in [0.25, 0.3) is 0 Å². The quantitative estimate of drug-likeness (QED) is 0.456. The summed E-state index contributed by atoms with van der Waals surface area (Å²) in [7, 11) is 0. The molecule has 0 aliphatic carbocycles. The normalized spacial score (nSPS) is 39.8. The van der Waals surface area contributed by atoms with Crippen molar-refractivity contribution in [3.05, 3.63) is 0 Å². The Morgan fingerprint density at radius 2 is 2.38 bits per heavy atom. The minimum absolute atomic E-state index is 0.274. The lowest BCUT2D eigenvalue weighted by molar-refractivity contribution is 0.229. The zero-order valence-corrected chi connectivity index (χ0v) is 4.73. The molecule has 0 bridgehead atoms. The van der Waals surface area contributed by atoms with E-state index in [0.29, 0.717) is 13.0 Å². The second kappa shape index (κ2) is 2.42. The van der Waals surface area contributed by atoms with Gasteiger partial charge in [-0.25, -0.2) is 4.39 Å². The lowest BCUT2D eigenvalue weighted by Gasteiger charge is -2.22. The molecule has 1 fully saturated rings. The highest BCUT2D eigenvalue weighted by atomic mass is 19.1. The number of rotatable bonds is 0. The van der Waals surface area contributed by atoms with Gasteiger partial charge in [0, 0.05) is 12.6 Å². The van der Waals surface area contributed by atoms with E-state index in [1.165, 1.54) is 0 Å². The molecule has 0 aromatic heterocycles. The van der Waals surface area contributed by atoms with Crippen molar-refractivity contribution < 1.29 is 4.39 Å². The van der Waals surface area contributed by atoms with E-state index >= 15 is 0 Å². The first-order valence-corrected chi connectivity index (χ1v) is 2.91. The largest absolute Gasteiger partial charge is 0.324 e. The summed E-state index contributed by atoms with van der Waals surface area (Å²) in [6, 6.07) is -0.274. The molecule has 3 heteroatoms. The highest BCUT2D eigenvalue weighted by molar-refractivity contribution is 4.79. The molecule has 1 aliphatic heterocycles. The summed E-state index contributed by atoms with van der Waals surface area (Å²) in [4.78, 5) is 0. The summed E-state index contributed by atoms with van der Waals surface area (Å²) < 4.78 is 12.4. The van der Waals surface area contributed by atoms with Crippen molar-refractivity contribution in [3.8, 4) is 0 Å². The predicted molar refractivity (Wildman–Crippen MR) is 30.4 cm³/mol. The van der Waals surface area contributed by atoms with Crippen molar-refractivity contribution in [2.24, 2.45) is 5.73 Å². The van der Waals surface area contributed by atoms with Crippen LogP contribution >= 0.6 is 0 Å². The van der Waals surface area contributed by atoms with Crippen LogP contribution < -0.4 is 11.1 Å². The molecule has 0 aromatic rings. The fourth-order valence-corrected chi connectivity index (χ4v) is 0.851. The van der Waals surface area contributed by atoms with Crippen LogP contribution in [0.3, 0.4) is 0 Å². The molecule has 0 amide bonds. The molecule has 48 valence electrons. The summed E-state index contributed by atoms with van der Waals surface area (Å²) in [5.41, 5.74) is 5.34. The average Bonchev–Trinajstić information content (AvgIpc) is 1.77. The molecule has 8 heavy (non-hydrogen) atoms. The fourth-order valence-electron chi connectivity index (χ4n) is 0.851. The monoisotopic (exact) mass is 118 g/mol. The van der Waals surface area contributed by atoms with Crippen LogP contribution in [-0.4, -0.2) is 25.3 Å². The van der Waals surface area contributed by atoms with Gasteiger partial charge in [0.2, 0.25) is 0 Å². The number of alkyl halides is 1. The second-order valence-corrected chi connectivity index (χ2v) is 2.17. The van der Waals surface area contributed by atoms with Gasteiger partial charge in [-0.15, -0.1) is 0 Å². The summed E-state index contributed by atoms with van der Waals surface area (Å²) in [6.45, 7) is 1.40. The number of hydrogen-bond donors (Lipinski definition) is 2. The number of halogens is 1. The minimum atomic E-state index is -0.781. The average molecular weight is 118 g/mol. The Kier molecular flexibility index (Phi) is 1.81. The lowest BCUT2D eigenvalue weighted by Crippen LogP contribution is -2.47. The van der Waals surface area contributed by atoms with Crippen LogP contribution in [0.1, 0.15) is 6.42 Å². The Bertz CT molecular complexity index is 66.8. The first-order chi connectivity index (χ1) is 3.80. The van der Waals surface area contributed by atoms with Crippen molar-refractivity contribution in [2.75, 3.05) is 13.1 Å². The molecule has 0 spiro atoms. The van der Waals surface area contributed by atoms with Crippen LogP contribution in [0.5, 0.6) is 0 Å². The van der Waals surface area contributed by atoms with Crippen molar-refractivity contribution in [2.45, 2.75) is 18.6 Å². The van der Waals surface area contributed by atoms with E-state index in [1.807, 2.05) is 0 Å². The van der Waals surface area contributed by atoms with Crippen molar-refractivity contribution in [1.82, 2.24) is 5.32 Å². The number of nitrogens with two attached hydrogens (primary N) is 1. The maximum Gasteiger partial charge on any atom is 0.118 e. The van der Waals surface area contributed by atoms with Gasteiger partial charge >= 0.3 is 0 Å². The highest BCUT2D eigenvalue weighted by Gasteiger charge is 2.19. The van der Waals surface area contributed by atoms with E-state index in [4.69, 9.17) is 5.73 Å². The van der Waals surface area contributed by atoms with Crippen LogP contribution in [0.4, 0.5) is 4.39 Å². The zero-order valence-electron chi connectivity index (χ0n) is 4.73. The first-order valence-electron chi connectivity index (χ1n) is 2.91. The molecule has 3 N–H and O–H groups in total. The Morgan fingerprint density at radius 1 is 1.62 bits per heavy atom. The standard InChI is InChI=1S/C5H11FN2/c6-4-1-2-8-3-5(4)7/h4-5,8H,1-3,7H2/t4-,5+/m1/s1. The molecular weight excluding hydrogens is 107 g/mol. The third-order valence-corrected chi connectivity index (χ3v) is 1.44. The summed E-state index contributed by atoms with van der Waals surface area (Å²) in [6.07, 6.45) is -0.211. The highest BCUT2D eigenvalue weighted by Crippen LogP contribution is 2.04. The summed E-state index contributed by atoms with van der Waals surface area (Å²) in [5, 5.41) is 3.00. The van der Waals surface area contributed by atoms with E-state index < -0.39 is 6.17 Å². The maximum atomic E-state index is 12.4. The Morgan fingerprint density at radius 3 is 2.75 bits per heavy atom. The molecule has 2 nitrogen and oxygen atoms in total. The maximum absolute atomic E-state index is 12.4. The molecule has 0 unspecified atom stereocenters. The van der Waals surface area contributed by atoms with Gasteiger partial charge in [0.1, 0.15) is 6.17 Å². The fraction of sp³-hybridized carbons (Fsp3) is 1.00. The van der Waals surface area contributed by atoms with Crippen molar-refractivity contribution in [3.63, 3.8) is 0 Å². The van der Waals surface area contributed by atoms with Gasteiger partial charge < -0.3 is 11.1 Å². The molecule has 0 radical (unpaired) electrons. The predicted octanol–water partition coefficient (Wildman–Crippen LogP) is -0.355. The van der Waals surface area contributed by atoms with Gasteiger partial charge in [-0.3, -0.25) is 0 Å². The number of hydrogen-bond acceptors (Lipinski definition) is 2. The van der Waals surface area contributed by atoms with Crippen LogP contribution in [0, 0.1) is 0 Å². The van der Waals surface area contributed by atoms with Gasteiger partial charge in [0.15, 0.2) is 0 Å². The third-order valence-electron chi connectivity index (χ3n) is 1.44. The van der Waals surface area contributed by atoms with E-state index in [2.05, 4.69) is 5.32 Å². The molecule has 1 saturated heterocycles. The molecule has 0 aromatic carbocycles. The van der Waals surface area contributed by atoms with Crippen molar-refractivity contribution >= 4 is 0 Å². The van der Waals surface area contributed by atoms with Crippen molar-refractivity contribution in [1.29, 1.82) is 0 Å². The molecule has 2 atom stereocenters. The summed E-state index contributed by atoms with van der Waals surface area (Å²) in [5.74, 6) is 0.